The largest absolute Gasteiger partial charge is 0.357 e. The Morgan fingerprint density at radius 1 is 1.65 bits per heavy atom. The molecule has 0 bridgehead atoms. The molecule has 1 heterocycles. The predicted molar refractivity (Wildman–Crippen MR) is 64.3 cm³/mol. The third-order valence-electron chi connectivity index (χ3n) is 2.77. The SMILES string of the molecule is CCN(c1nc(NC)ncc1[N+](=O)[O-])C1CC1. The van der Waals surface area contributed by atoms with Crippen LogP contribution in [-0.2, 0) is 0 Å². The van der Waals surface area contributed by atoms with E-state index in [1.54, 1.807) is 7.05 Å². The van der Waals surface area contributed by atoms with Crippen LogP contribution in [0.15, 0.2) is 6.20 Å². The summed E-state index contributed by atoms with van der Waals surface area (Å²) in [5.41, 5.74) is -0.0299. The van der Waals surface area contributed by atoms with Gasteiger partial charge in [-0.15, -0.1) is 0 Å². The van der Waals surface area contributed by atoms with Gasteiger partial charge < -0.3 is 10.2 Å². The van der Waals surface area contributed by atoms with E-state index >= 15 is 0 Å². The lowest BCUT2D eigenvalue weighted by molar-refractivity contribution is -0.384. The summed E-state index contributed by atoms with van der Waals surface area (Å²) in [4.78, 5) is 20.6. The monoisotopic (exact) mass is 237 g/mol. The molecular formula is C10H15N5O2. The van der Waals surface area contributed by atoms with E-state index in [1.807, 2.05) is 11.8 Å². The van der Waals surface area contributed by atoms with Crippen molar-refractivity contribution in [2.24, 2.45) is 0 Å². The molecule has 0 atom stereocenters. The van der Waals surface area contributed by atoms with E-state index in [2.05, 4.69) is 15.3 Å². The van der Waals surface area contributed by atoms with Crippen LogP contribution in [0.5, 0.6) is 0 Å². The summed E-state index contributed by atoms with van der Waals surface area (Å²) in [6.07, 6.45) is 3.41. The van der Waals surface area contributed by atoms with Crippen LogP contribution in [0.25, 0.3) is 0 Å². The summed E-state index contributed by atoms with van der Waals surface area (Å²) in [5.74, 6) is 0.823. The van der Waals surface area contributed by atoms with Crippen molar-refractivity contribution in [2.45, 2.75) is 25.8 Å². The zero-order valence-corrected chi connectivity index (χ0v) is 9.88. The molecule has 0 aromatic carbocycles. The maximum absolute atomic E-state index is 11.0. The molecule has 1 N–H and O–H groups in total. The number of hydrogen-bond donors (Lipinski definition) is 1. The van der Waals surface area contributed by atoms with E-state index in [1.165, 1.54) is 6.20 Å². The number of aromatic nitrogens is 2. The Balaban J connectivity index is 2.42. The average Bonchev–Trinajstić information content (AvgIpc) is 3.14. The van der Waals surface area contributed by atoms with E-state index in [-0.39, 0.29) is 5.69 Å². The first kappa shape index (κ1) is 11.6. The van der Waals surface area contributed by atoms with Crippen LogP contribution in [-0.4, -0.2) is 34.5 Å². The fraction of sp³-hybridized carbons (Fsp3) is 0.600. The summed E-state index contributed by atoms with van der Waals surface area (Å²) >= 11 is 0. The highest BCUT2D eigenvalue weighted by Gasteiger charge is 2.33. The zero-order valence-electron chi connectivity index (χ0n) is 9.88. The Morgan fingerprint density at radius 2 is 2.35 bits per heavy atom. The maximum Gasteiger partial charge on any atom is 0.329 e. The van der Waals surface area contributed by atoms with Crippen LogP contribution in [0, 0.1) is 10.1 Å². The number of anilines is 2. The van der Waals surface area contributed by atoms with Gasteiger partial charge in [-0.05, 0) is 19.8 Å². The Hall–Kier alpha value is -1.92. The number of rotatable bonds is 5. The summed E-state index contributed by atoms with van der Waals surface area (Å²) in [5, 5.41) is 13.8. The first-order chi connectivity index (χ1) is 8.17. The van der Waals surface area contributed by atoms with Crippen molar-refractivity contribution >= 4 is 17.5 Å². The average molecular weight is 237 g/mol. The van der Waals surface area contributed by atoms with E-state index in [4.69, 9.17) is 0 Å². The lowest BCUT2D eigenvalue weighted by Gasteiger charge is -2.21. The Morgan fingerprint density at radius 3 is 2.82 bits per heavy atom. The lowest BCUT2D eigenvalue weighted by atomic mass is 10.4. The molecule has 0 amide bonds. The standard InChI is InChI=1S/C10H15N5O2/c1-3-14(7-4-5-7)9-8(15(16)17)6-12-10(11-2)13-9/h6-7H,3-5H2,1-2H3,(H,11,12,13). The second kappa shape index (κ2) is 4.52. The quantitative estimate of drug-likeness (QED) is 0.615. The normalized spacial score (nSPS) is 14.5. The smallest absolute Gasteiger partial charge is 0.329 e. The van der Waals surface area contributed by atoms with Crippen molar-refractivity contribution in [1.29, 1.82) is 0 Å². The molecule has 17 heavy (non-hydrogen) atoms. The van der Waals surface area contributed by atoms with Gasteiger partial charge in [-0.2, -0.15) is 4.98 Å². The van der Waals surface area contributed by atoms with Crippen LogP contribution in [0.2, 0.25) is 0 Å². The van der Waals surface area contributed by atoms with Gasteiger partial charge in [0.1, 0.15) is 6.20 Å². The molecule has 1 aliphatic carbocycles. The first-order valence-electron chi connectivity index (χ1n) is 5.63. The highest BCUT2D eigenvalue weighted by Crippen LogP contribution is 2.35. The fourth-order valence-corrected chi connectivity index (χ4v) is 1.79. The first-order valence-corrected chi connectivity index (χ1v) is 5.63. The predicted octanol–water partition coefficient (Wildman–Crippen LogP) is 1.42. The third kappa shape index (κ3) is 2.27. The molecule has 0 saturated heterocycles. The minimum absolute atomic E-state index is 0.0299. The molecule has 0 unspecified atom stereocenters. The van der Waals surface area contributed by atoms with Crippen molar-refractivity contribution in [1.82, 2.24) is 9.97 Å². The van der Waals surface area contributed by atoms with Gasteiger partial charge in [0, 0.05) is 19.6 Å². The van der Waals surface area contributed by atoms with E-state index in [0.717, 1.165) is 12.8 Å². The van der Waals surface area contributed by atoms with Crippen LogP contribution in [0.1, 0.15) is 19.8 Å². The number of nitrogens with one attached hydrogen (secondary N) is 1. The highest BCUT2D eigenvalue weighted by molar-refractivity contribution is 5.60. The van der Waals surface area contributed by atoms with E-state index < -0.39 is 4.92 Å². The van der Waals surface area contributed by atoms with E-state index in [0.29, 0.717) is 24.4 Å². The number of nitrogens with zero attached hydrogens (tertiary/aromatic N) is 4. The van der Waals surface area contributed by atoms with Gasteiger partial charge >= 0.3 is 5.69 Å². The summed E-state index contributed by atoms with van der Waals surface area (Å²) in [7, 11) is 1.69. The number of nitro groups is 1. The molecule has 1 saturated carbocycles. The molecule has 1 aromatic heterocycles. The van der Waals surface area contributed by atoms with Crippen molar-refractivity contribution in [3.63, 3.8) is 0 Å². The Kier molecular flexibility index (Phi) is 3.08. The molecule has 1 aromatic rings. The summed E-state index contributed by atoms with van der Waals surface area (Å²) in [6.45, 7) is 2.69. The van der Waals surface area contributed by atoms with Gasteiger partial charge in [-0.25, -0.2) is 4.98 Å². The van der Waals surface area contributed by atoms with Crippen LogP contribution in [0.4, 0.5) is 17.5 Å². The van der Waals surface area contributed by atoms with Gasteiger partial charge in [-0.3, -0.25) is 10.1 Å². The Labute approximate surface area is 99.0 Å². The van der Waals surface area contributed by atoms with Crippen molar-refractivity contribution in [3.8, 4) is 0 Å². The topological polar surface area (TPSA) is 84.2 Å². The molecule has 7 heteroatoms. The molecule has 0 radical (unpaired) electrons. The van der Waals surface area contributed by atoms with Crippen molar-refractivity contribution in [2.75, 3.05) is 23.8 Å². The number of hydrogen-bond acceptors (Lipinski definition) is 6. The minimum Gasteiger partial charge on any atom is -0.357 e. The summed E-state index contributed by atoms with van der Waals surface area (Å²) < 4.78 is 0. The molecule has 7 nitrogen and oxygen atoms in total. The van der Waals surface area contributed by atoms with Gasteiger partial charge in [0.15, 0.2) is 0 Å². The lowest BCUT2D eigenvalue weighted by Crippen LogP contribution is -2.27. The molecule has 0 spiro atoms. The van der Waals surface area contributed by atoms with E-state index in [9.17, 15) is 10.1 Å². The van der Waals surface area contributed by atoms with Crippen LogP contribution < -0.4 is 10.2 Å². The summed E-state index contributed by atoms with van der Waals surface area (Å²) in [6, 6.07) is 0.387. The van der Waals surface area contributed by atoms with Crippen molar-refractivity contribution in [3.05, 3.63) is 16.3 Å². The van der Waals surface area contributed by atoms with Gasteiger partial charge in [0.25, 0.3) is 0 Å². The van der Waals surface area contributed by atoms with Gasteiger partial charge in [0.05, 0.1) is 4.92 Å². The van der Waals surface area contributed by atoms with Crippen molar-refractivity contribution < 1.29 is 4.92 Å². The Bertz CT molecular complexity index is 433. The fourth-order valence-electron chi connectivity index (χ4n) is 1.79. The second-order valence-corrected chi connectivity index (χ2v) is 3.93. The van der Waals surface area contributed by atoms with Crippen LogP contribution >= 0.6 is 0 Å². The molecule has 92 valence electrons. The third-order valence-corrected chi connectivity index (χ3v) is 2.77. The minimum atomic E-state index is -0.431. The molecule has 2 rings (SSSR count). The molecule has 1 aliphatic rings. The molecular weight excluding hydrogens is 222 g/mol. The molecule has 1 fully saturated rings. The van der Waals surface area contributed by atoms with Gasteiger partial charge in [0.2, 0.25) is 11.8 Å². The van der Waals surface area contributed by atoms with Gasteiger partial charge in [-0.1, -0.05) is 0 Å². The second-order valence-electron chi connectivity index (χ2n) is 3.93. The maximum atomic E-state index is 11.0. The van der Waals surface area contributed by atoms with Crippen LogP contribution in [0.3, 0.4) is 0 Å². The highest BCUT2D eigenvalue weighted by atomic mass is 16.6. The zero-order chi connectivity index (χ0) is 12.4. The molecule has 0 aliphatic heterocycles.